The van der Waals surface area contributed by atoms with Crippen LogP contribution in [0, 0.1) is 5.82 Å². The van der Waals surface area contributed by atoms with Crippen molar-refractivity contribution in [2.45, 2.75) is 58.5 Å². The van der Waals surface area contributed by atoms with E-state index in [2.05, 4.69) is 42.0 Å². The second-order valence-corrected chi connectivity index (χ2v) is 9.04. The summed E-state index contributed by atoms with van der Waals surface area (Å²) in [5.74, 6) is -0.0604. The molecule has 0 aliphatic carbocycles. The summed E-state index contributed by atoms with van der Waals surface area (Å²) in [7, 11) is 0. The molecule has 182 valence electrons. The van der Waals surface area contributed by atoms with Gasteiger partial charge in [0.1, 0.15) is 11.6 Å². The highest BCUT2D eigenvalue weighted by atomic mass is 19.3. The maximum Gasteiger partial charge on any atom is 0.387 e. The van der Waals surface area contributed by atoms with Crippen molar-refractivity contribution in [2.24, 2.45) is 0 Å². The highest BCUT2D eigenvalue weighted by molar-refractivity contribution is 5.84. The van der Waals surface area contributed by atoms with E-state index in [1.165, 1.54) is 41.7 Å². The molecule has 35 heavy (non-hydrogen) atoms. The summed E-state index contributed by atoms with van der Waals surface area (Å²) in [5.41, 5.74) is 5.51. The number of benzene rings is 4. The molecule has 0 aliphatic heterocycles. The largest absolute Gasteiger partial charge is 0.435 e. The van der Waals surface area contributed by atoms with E-state index in [4.69, 9.17) is 0 Å². The van der Waals surface area contributed by atoms with E-state index < -0.39 is 6.61 Å². The van der Waals surface area contributed by atoms with E-state index in [9.17, 15) is 8.78 Å². The number of aryl methyl sites for hydroxylation is 5. The molecule has 1 nitrogen and oxygen atoms in total. The summed E-state index contributed by atoms with van der Waals surface area (Å²) in [6.45, 7) is -0.627. The third-order valence-electron chi connectivity index (χ3n) is 6.47. The molecular weight excluding hydrogens is 445 g/mol. The van der Waals surface area contributed by atoms with Gasteiger partial charge in [-0.15, -0.1) is 0 Å². The molecule has 4 aromatic carbocycles. The summed E-state index contributed by atoms with van der Waals surface area (Å²) in [6.07, 6.45) is 6.60. The monoisotopic (exact) mass is 476 g/mol. The number of rotatable bonds is 11. The molecule has 0 heterocycles. The summed E-state index contributed by atoms with van der Waals surface area (Å²) >= 11 is 0. The first-order valence-corrected chi connectivity index (χ1v) is 12.3. The smallest absolute Gasteiger partial charge is 0.387 e. The van der Waals surface area contributed by atoms with Crippen molar-refractivity contribution in [3.63, 3.8) is 0 Å². The van der Waals surface area contributed by atoms with Crippen molar-refractivity contribution >= 4 is 10.8 Å². The molecule has 0 aromatic heterocycles. The summed E-state index contributed by atoms with van der Waals surface area (Å²) in [4.78, 5) is 0. The van der Waals surface area contributed by atoms with Gasteiger partial charge in [0.2, 0.25) is 0 Å². The van der Waals surface area contributed by atoms with Crippen LogP contribution < -0.4 is 4.74 Å². The van der Waals surface area contributed by atoms with E-state index >= 15 is 4.39 Å². The summed E-state index contributed by atoms with van der Waals surface area (Å²) in [5, 5.41) is 1.54. The minimum Gasteiger partial charge on any atom is -0.435 e. The molecule has 0 spiro atoms. The topological polar surface area (TPSA) is 9.23 Å². The molecule has 4 aromatic rings. The van der Waals surface area contributed by atoms with Crippen LogP contribution in [0.5, 0.6) is 5.75 Å². The Balaban J connectivity index is 1.37. The molecule has 0 bridgehead atoms. The highest BCUT2D eigenvalue weighted by Crippen LogP contribution is 2.25. The molecule has 0 unspecified atom stereocenters. The Bertz CT molecular complexity index is 1230. The van der Waals surface area contributed by atoms with E-state index in [1.807, 2.05) is 24.3 Å². The molecule has 0 aliphatic rings. The summed E-state index contributed by atoms with van der Waals surface area (Å²) in [6, 6.07) is 25.2. The molecule has 4 heteroatoms. The molecule has 0 radical (unpaired) electrons. The quantitative estimate of drug-likeness (QED) is 0.211. The van der Waals surface area contributed by atoms with Gasteiger partial charge in [-0.05, 0) is 83.9 Å². The number of hydrogen-bond donors (Lipinski definition) is 0. The van der Waals surface area contributed by atoms with Gasteiger partial charge in [0.05, 0.1) is 0 Å². The Morgan fingerprint density at radius 1 is 0.657 bits per heavy atom. The predicted molar refractivity (Wildman–Crippen MR) is 137 cm³/mol. The van der Waals surface area contributed by atoms with Crippen LogP contribution in [0.1, 0.15) is 47.6 Å². The fourth-order valence-electron chi connectivity index (χ4n) is 4.39. The highest BCUT2D eigenvalue weighted by Gasteiger charge is 2.10. The van der Waals surface area contributed by atoms with Crippen LogP contribution in [0.3, 0.4) is 0 Å². The fourth-order valence-corrected chi connectivity index (χ4v) is 4.39. The van der Waals surface area contributed by atoms with Crippen LogP contribution in [0.2, 0.25) is 0 Å². The lowest BCUT2D eigenvalue weighted by Gasteiger charge is -2.10. The van der Waals surface area contributed by atoms with Crippen molar-refractivity contribution in [3.05, 3.63) is 112 Å². The van der Waals surface area contributed by atoms with E-state index in [1.54, 1.807) is 12.1 Å². The Kier molecular flexibility index (Phi) is 8.46. The number of alkyl halides is 2. The number of halogens is 3. The lowest BCUT2D eigenvalue weighted by Crippen LogP contribution is -2.02. The zero-order chi connectivity index (χ0) is 24.6. The minimum absolute atomic E-state index is 0.125. The molecule has 4 rings (SSSR count). The van der Waals surface area contributed by atoms with Gasteiger partial charge in [-0.1, -0.05) is 80.1 Å². The van der Waals surface area contributed by atoms with Gasteiger partial charge in [0, 0.05) is 5.39 Å². The van der Waals surface area contributed by atoms with E-state index in [0.29, 0.717) is 23.8 Å². The van der Waals surface area contributed by atoms with Crippen LogP contribution in [0.4, 0.5) is 13.2 Å². The lowest BCUT2D eigenvalue weighted by atomic mass is 9.97. The van der Waals surface area contributed by atoms with Gasteiger partial charge in [-0.3, -0.25) is 0 Å². The average molecular weight is 477 g/mol. The minimum atomic E-state index is -2.84. The van der Waals surface area contributed by atoms with Crippen molar-refractivity contribution in [2.75, 3.05) is 0 Å². The standard InChI is InChI=1S/C31H31F3O/c1-2-3-4-22-5-7-23(8-6-22)9-10-25-14-20-29-27(21-25)17-16-26(30(29)32)15-11-24-12-18-28(19-13-24)35-31(33)34/h5-8,12-14,16-21,31H,2-4,9-11,15H2,1H3. The van der Waals surface area contributed by atoms with Gasteiger partial charge in [0.15, 0.2) is 0 Å². The second-order valence-electron chi connectivity index (χ2n) is 9.04. The number of fused-ring (bicyclic) bond motifs is 1. The van der Waals surface area contributed by atoms with E-state index in [0.717, 1.165) is 30.2 Å². The van der Waals surface area contributed by atoms with Crippen molar-refractivity contribution < 1.29 is 17.9 Å². The van der Waals surface area contributed by atoms with Gasteiger partial charge >= 0.3 is 6.61 Å². The second kappa shape index (κ2) is 11.9. The van der Waals surface area contributed by atoms with Crippen LogP contribution in [0.15, 0.2) is 78.9 Å². The first-order valence-electron chi connectivity index (χ1n) is 12.3. The fraction of sp³-hybridized carbons (Fsp3) is 0.290. The lowest BCUT2D eigenvalue weighted by molar-refractivity contribution is -0.0498. The third kappa shape index (κ3) is 6.88. The maximum absolute atomic E-state index is 15.2. The third-order valence-corrected chi connectivity index (χ3v) is 6.47. The average Bonchev–Trinajstić information content (AvgIpc) is 2.87. The van der Waals surface area contributed by atoms with E-state index in [-0.39, 0.29) is 11.6 Å². The maximum atomic E-state index is 15.2. The zero-order valence-electron chi connectivity index (χ0n) is 20.1. The molecule has 0 N–H and O–H groups in total. The predicted octanol–water partition coefficient (Wildman–Crippen LogP) is 8.49. The Morgan fingerprint density at radius 2 is 1.23 bits per heavy atom. The first kappa shape index (κ1) is 24.8. The molecule has 0 atom stereocenters. The van der Waals surface area contributed by atoms with Crippen molar-refractivity contribution in [1.82, 2.24) is 0 Å². The van der Waals surface area contributed by atoms with Crippen LogP contribution >= 0.6 is 0 Å². The molecule has 0 amide bonds. The SMILES string of the molecule is CCCCc1ccc(CCc2ccc3c(F)c(CCc4ccc(OC(F)F)cc4)ccc3c2)cc1. The first-order chi connectivity index (χ1) is 17.0. The van der Waals surface area contributed by atoms with Gasteiger partial charge in [0.25, 0.3) is 0 Å². The van der Waals surface area contributed by atoms with Crippen molar-refractivity contribution in [1.29, 1.82) is 0 Å². The Hall–Kier alpha value is -3.27. The van der Waals surface area contributed by atoms with Gasteiger partial charge in [-0.2, -0.15) is 8.78 Å². The van der Waals surface area contributed by atoms with Crippen LogP contribution in [-0.4, -0.2) is 6.61 Å². The Labute approximate surface area is 205 Å². The van der Waals surface area contributed by atoms with Crippen LogP contribution in [-0.2, 0) is 32.1 Å². The molecule has 0 fully saturated rings. The number of hydrogen-bond acceptors (Lipinski definition) is 1. The number of unbranched alkanes of at least 4 members (excludes halogenated alkanes) is 1. The van der Waals surface area contributed by atoms with Crippen molar-refractivity contribution in [3.8, 4) is 5.75 Å². The van der Waals surface area contributed by atoms with Gasteiger partial charge in [-0.25, -0.2) is 4.39 Å². The molecule has 0 saturated carbocycles. The summed E-state index contributed by atoms with van der Waals surface area (Å²) < 4.78 is 44.1. The zero-order valence-corrected chi connectivity index (χ0v) is 20.1. The molecule has 0 saturated heterocycles. The number of ether oxygens (including phenoxy) is 1. The molecular formula is C31H31F3O. The Morgan fingerprint density at radius 3 is 1.89 bits per heavy atom. The normalized spacial score (nSPS) is 11.3. The van der Waals surface area contributed by atoms with Gasteiger partial charge < -0.3 is 4.74 Å². The van der Waals surface area contributed by atoms with Crippen LogP contribution in [0.25, 0.3) is 10.8 Å².